The zero-order valence-corrected chi connectivity index (χ0v) is 10.6. The molecule has 3 rings (SSSR count). The van der Waals surface area contributed by atoms with E-state index in [1.807, 2.05) is 0 Å². The van der Waals surface area contributed by atoms with Crippen molar-refractivity contribution >= 4 is 6.03 Å². The lowest BCUT2D eigenvalue weighted by atomic mass is 9.87. The highest BCUT2D eigenvalue weighted by atomic mass is 16.4. The van der Waals surface area contributed by atoms with Gasteiger partial charge < -0.3 is 20.8 Å². The quantitative estimate of drug-likeness (QED) is 0.657. The van der Waals surface area contributed by atoms with Crippen molar-refractivity contribution in [3.63, 3.8) is 0 Å². The maximum atomic E-state index is 11.7. The van der Waals surface area contributed by atoms with Crippen LogP contribution in [0.4, 0.5) is 4.79 Å². The summed E-state index contributed by atoms with van der Waals surface area (Å²) in [6.07, 6.45) is 0. The Morgan fingerprint density at radius 2 is 1.05 bits per heavy atom. The van der Waals surface area contributed by atoms with Gasteiger partial charge in [0, 0.05) is 11.1 Å². The number of amides is 2. The summed E-state index contributed by atoms with van der Waals surface area (Å²) < 4.78 is 0. The van der Waals surface area contributed by atoms with Crippen molar-refractivity contribution in [2.24, 2.45) is 0 Å². The molecule has 4 N–H and O–H groups in total. The van der Waals surface area contributed by atoms with Gasteiger partial charge in [-0.15, -0.1) is 0 Å². The van der Waals surface area contributed by atoms with Crippen LogP contribution in [-0.2, 0) is 11.4 Å². The highest BCUT2D eigenvalue weighted by Gasteiger charge is 2.59. The normalized spacial score (nSPS) is 28.8. The molecule has 2 atom stereocenters. The van der Waals surface area contributed by atoms with Gasteiger partial charge in [0.1, 0.15) is 0 Å². The molecule has 0 spiro atoms. The summed E-state index contributed by atoms with van der Waals surface area (Å²) in [5.41, 5.74) is -3.09. The minimum Gasteiger partial charge on any atom is -0.363 e. The van der Waals surface area contributed by atoms with Crippen LogP contribution in [0.25, 0.3) is 0 Å². The fourth-order valence-corrected chi connectivity index (χ4v) is 2.46. The van der Waals surface area contributed by atoms with Crippen molar-refractivity contribution < 1.29 is 15.0 Å². The topological polar surface area (TPSA) is 81.6 Å². The molecule has 0 bridgehead atoms. The second kappa shape index (κ2) is 4.33. The number of carbonyl (C=O) groups excluding carboxylic acids is 1. The molecule has 1 aliphatic heterocycles. The van der Waals surface area contributed by atoms with E-state index in [-0.39, 0.29) is 0 Å². The van der Waals surface area contributed by atoms with E-state index in [4.69, 9.17) is 0 Å². The van der Waals surface area contributed by atoms with Crippen molar-refractivity contribution in [3.05, 3.63) is 71.8 Å². The minimum absolute atomic E-state index is 0.393. The summed E-state index contributed by atoms with van der Waals surface area (Å²) in [6.45, 7) is 0. The van der Waals surface area contributed by atoms with Gasteiger partial charge in [-0.2, -0.15) is 0 Å². The van der Waals surface area contributed by atoms with E-state index in [0.717, 1.165) is 0 Å². The molecule has 1 aliphatic rings. The summed E-state index contributed by atoms with van der Waals surface area (Å²) in [5.74, 6) is 0. The Labute approximate surface area is 115 Å². The van der Waals surface area contributed by atoms with Gasteiger partial charge in [0.05, 0.1) is 0 Å². The predicted molar refractivity (Wildman–Crippen MR) is 72.3 cm³/mol. The Bertz CT molecular complexity index is 577. The Kier molecular flexibility index (Phi) is 2.74. The van der Waals surface area contributed by atoms with Gasteiger partial charge in [-0.25, -0.2) is 4.79 Å². The van der Waals surface area contributed by atoms with Gasteiger partial charge in [-0.3, -0.25) is 0 Å². The van der Waals surface area contributed by atoms with Gasteiger partial charge in [0.2, 0.25) is 11.4 Å². The minimum atomic E-state index is -1.94. The number of hydrogen-bond donors (Lipinski definition) is 4. The summed E-state index contributed by atoms with van der Waals surface area (Å²) in [5, 5.41) is 26.5. The van der Waals surface area contributed by atoms with E-state index in [1.165, 1.54) is 0 Å². The predicted octanol–water partition coefficient (Wildman–Crippen LogP) is 0.990. The average molecular weight is 270 g/mol. The lowest BCUT2D eigenvalue weighted by molar-refractivity contribution is -0.166. The largest absolute Gasteiger partial charge is 0.363 e. The molecule has 5 nitrogen and oxygen atoms in total. The van der Waals surface area contributed by atoms with E-state index in [0.29, 0.717) is 11.1 Å². The molecule has 0 aromatic heterocycles. The molecule has 1 heterocycles. The van der Waals surface area contributed by atoms with E-state index in [1.54, 1.807) is 60.7 Å². The second-order valence-electron chi connectivity index (χ2n) is 4.73. The van der Waals surface area contributed by atoms with Crippen LogP contribution in [0.2, 0.25) is 0 Å². The molecule has 0 saturated carbocycles. The highest BCUT2D eigenvalue weighted by Crippen LogP contribution is 2.39. The van der Waals surface area contributed by atoms with Crippen LogP contribution in [0, 0.1) is 0 Å². The Hall–Kier alpha value is -2.37. The van der Waals surface area contributed by atoms with Crippen LogP contribution in [-0.4, -0.2) is 16.2 Å². The average Bonchev–Trinajstić information content (AvgIpc) is 2.72. The van der Waals surface area contributed by atoms with Crippen LogP contribution in [0.3, 0.4) is 0 Å². The number of carbonyl (C=O) groups is 1. The fourth-order valence-electron chi connectivity index (χ4n) is 2.46. The van der Waals surface area contributed by atoms with E-state index >= 15 is 0 Å². The number of rotatable bonds is 2. The van der Waals surface area contributed by atoms with Crippen LogP contribution in [0.15, 0.2) is 60.7 Å². The molecule has 1 fully saturated rings. The molecule has 5 heteroatoms. The highest BCUT2D eigenvalue weighted by molar-refractivity contribution is 5.79. The van der Waals surface area contributed by atoms with Crippen molar-refractivity contribution in [1.29, 1.82) is 0 Å². The summed E-state index contributed by atoms with van der Waals surface area (Å²) in [4.78, 5) is 11.7. The van der Waals surface area contributed by atoms with E-state index in [2.05, 4.69) is 10.6 Å². The van der Waals surface area contributed by atoms with Crippen LogP contribution in [0.1, 0.15) is 11.1 Å². The first-order valence-corrected chi connectivity index (χ1v) is 6.22. The summed E-state index contributed by atoms with van der Waals surface area (Å²) in [6, 6.07) is 16.4. The fraction of sp³-hybridized carbons (Fsp3) is 0.133. The first-order chi connectivity index (χ1) is 9.56. The number of benzene rings is 2. The lowest BCUT2D eigenvalue weighted by Gasteiger charge is -2.36. The van der Waals surface area contributed by atoms with Gasteiger partial charge in [0.25, 0.3) is 0 Å². The van der Waals surface area contributed by atoms with Crippen molar-refractivity contribution in [2.45, 2.75) is 11.4 Å². The maximum absolute atomic E-state index is 11.7. The number of aliphatic hydroxyl groups is 2. The SMILES string of the molecule is O=C1NC(O)(c2ccccc2)C(O)(c2ccccc2)N1. The van der Waals surface area contributed by atoms with E-state index < -0.39 is 17.5 Å². The standard InChI is InChI=1S/C15H14N2O3/c18-13-16-14(19,11-7-3-1-4-8-11)15(20,17-13)12-9-5-2-6-10-12/h1-10,19-20H,(H2,16,17,18). The van der Waals surface area contributed by atoms with Gasteiger partial charge in [-0.1, -0.05) is 60.7 Å². The van der Waals surface area contributed by atoms with Gasteiger partial charge >= 0.3 is 6.03 Å². The van der Waals surface area contributed by atoms with Crippen molar-refractivity contribution in [1.82, 2.24) is 10.6 Å². The third-order valence-corrected chi connectivity index (χ3v) is 3.50. The van der Waals surface area contributed by atoms with Crippen molar-refractivity contribution in [3.8, 4) is 0 Å². The second-order valence-corrected chi connectivity index (χ2v) is 4.73. The number of urea groups is 1. The van der Waals surface area contributed by atoms with Crippen LogP contribution >= 0.6 is 0 Å². The number of hydrogen-bond acceptors (Lipinski definition) is 3. The summed E-state index contributed by atoms with van der Waals surface area (Å²) >= 11 is 0. The first kappa shape index (κ1) is 12.7. The lowest BCUT2D eigenvalue weighted by Crippen LogP contribution is -2.55. The number of nitrogens with one attached hydrogen (secondary N) is 2. The molecular formula is C15H14N2O3. The molecule has 102 valence electrons. The van der Waals surface area contributed by atoms with Gasteiger partial charge in [-0.05, 0) is 0 Å². The van der Waals surface area contributed by atoms with Gasteiger partial charge in [0.15, 0.2) is 0 Å². The smallest absolute Gasteiger partial charge is 0.320 e. The molecule has 2 amide bonds. The third-order valence-electron chi connectivity index (χ3n) is 3.50. The monoisotopic (exact) mass is 270 g/mol. The van der Waals surface area contributed by atoms with Crippen molar-refractivity contribution in [2.75, 3.05) is 0 Å². The molecule has 0 aliphatic carbocycles. The Morgan fingerprint density at radius 3 is 1.40 bits per heavy atom. The third kappa shape index (κ3) is 1.68. The molecule has 2 aromatic carbocycles. The molecule has 0 radical (unpaired) electrons. The first-order valence-electron chi connectivity index (χ1n) is 6.22. The maximum Gasteiger partial charge on any atom is 0.320 e. The Balaban J connectivity index is 2.16. The Morgan fingerprint density at radius 1 is 0.700 bits per heavy atom. The molecule has 20 heavy (non-hydrogen) atoms. The van der Waals surface area contributed by atoms with Crippen LogP contribution in [0.5, 0.6) is 0 Å². The van der Waals surface area contributed by atoms with Crippen LogP contribution < -0.4 is 10.6 Å². The molecule has 2 aromatic rings. The zero-order chi connectivity index (χ0) is 14.2. The molecule has 2 unspecified atom stereocenters. The van der Waals surface area contributed by atoms with E-state index in [9.17, 15) is 15.0 Å². The zero-order valence-electron chi connectivity index (χ0n) is 10.6. The molecule has 1 saturated heterocycles. The molecular weight excluding hydrogens is 256 g/mol. The summed E-state index contributed by atoms with van der Waals surface area (Å²) in [7, 11) is 0.